The van der Waals surface area contributed by atoms with E-state index in [-0.39, 0.29) is 18.1 Å². The van der Waals surface area contributed by atoms with Crippen LogP contribution in [0.3, 0.4) is 0 Å². The molecule has 2 amide bonds. The Morgan fingerprint density at radius 1 is 1.23 bits per heavy atom. The number of hydrogen-bond acceptors (Lipinski definition) is 7. The zero-order valence-corrected chi connectivity index (χ0v) is 15.8. The summed E-state index contributed by atoms with van der Waals surface area (Å²) in [6, 6.07) is 5.13. The van der Waals surface area contributed by atoms with E-state index in [1.807, 2.05) is 6.92 Å². The van der Waals surface area contributed by atoms with E-state index in [0.29, 0.717) is 17.1 Å². The third-order valence-corrected chi connectivity index (χ3v) is 4.56. The summed E-state index contributed by atoms with van der Waals surface area (Å²) >= 11 is 0.780. The molecule has 1 aromatic rings. The quantitative estimate of drug-likeness (QED) is 0.390. The lowest BCUT2D eigenvalue weighted by atomic mass is 10.1. The monoisotopic (exact) mass is 379 g/mol. The van der Waals surface area contributed by atoms with Gasteiger partial charge in [-0.05, 0) is 36.4 Å². The lowest BCUT2D eigenvalue weighted by molar-refractivity contribution is -0.146. The number of benzene rings is 1. The summed E-state index contributed by atoms with van der Waals surface area (Å²) in [6.07, 6.45) is 3.19. The van der Waals surface area contributed by atoms with Gasteiger partial charge in [-0.15, -0.1) is 0 Å². The first-order chi connectivity index (χ1) is 12.5. The van der Waals surface area contributed by atoms with Crippen LogP contribution in [-0.4, -0.2) is 49.4 Å². The number of rotatable bonds is 8. The van der Waals surface area contributed by atoms with Crippen LogP contribution in [0.2, 0.25) is 0 Å². The average Bonchev–Trinajstić information content (AvgIpc) is 2.89. The Balaban J connectivity index is 2.13. The minimum Gasteiger partial charge on any atom is -0.497 e. The molecule has 26 heavy (non-hydrogen) atoms. The van der Waals surface area contributed by atoms with Crippen molar-refractivity contribution in [1.29, 1.82) is 0 Å². The molecule has 1 heterocycles. The third-order valence-electron chi connectivity index (χ3n) is 3.65. The Bertz CT molecular complexity index is 730. The fourth-order valence-electron chi connectivity index (χ4n) is 2.22. The van der Waals surface area contributed by atoms with Gasteiger partial charge in [-0.1, -0.05) is 13.3 Å². The SMILES string of the molecule is CCCCOC(=O)CN1C(=O)S/C(=C/c2ccc(OC)cc2OC)C1=O. The number of esters is 1. The highest BCUT2D eigenvalue weighted by atomic mass is 32.2. The zero-order chi connectivity index (χ0) is 19.1. The number of thioether (sulfide) groups is 1. The van der Waals surface area contributed by atoms with E-state index in [1.54, 1.807) is 31.4 Å². The van der Waals surface area contributed by atoms with Crippen molar-refractivity contribution >= 4 is 35.0 Å². The molecule has 0 unspecified atom stereocenters. The number of imide groups is 1. The summed E-state index contributed by atoms with van der Waals surface area (Å²) < 4.78 is 15.4. The summed E-state index contributed by atoms with van der Waals surface area (Å²) in [4.78, 5) is 37.4. The molecule has 140 valence electrons. The van der Waals surface area contributed by atoms with Gasteiger partial charge in [-0.3, -0.25) is 19.3 Å². The van der Waals surface area contributed by atoms with Gasteiger partial charge in [0.15, 0.2) is 0 Å². The van der Waals surface area contributed by atoms with Gasteiger partial charge in [0.25, 0.3) is 11.1 Å². The van der Waals surface area contributed by atoms with Gasteiger partial charge in [-0.25, -0.2) is 0 Å². The molecule has 1 saturated heterocycles. The largest absolute Gasteiger partial charge is 0.497 e. The normalized spacial score (nSPS) is 15.5. The summed E-state index contributed by atoms with van der Waals surface area (Å²) in [5.41, 5.74) is 0.629. The van der Waals surface area contributed by atoms with Crippen LogP contribution in [0.1, 0.15) is 25.3 Å². The maximum Gasteiger partial charge on any atom is 0.326 e. The second-order valence-electron chi connectivity index (χ2n) is 5.45. The first-order valence-electron chi connectivity index (χ1n) is 8.13. The highest BCUT2D eigenvalue weighted by Gasteiger charge is 2.36. The fraction of sp³-hybridized carbons (Fsp3) is 0.389. The summed E-state index contributed by atoms with van der Waals surface area (Å²) in [6.45, 7) is 1.87. The van der Waals surface area contributed by atoms with E-state index >= 15 is 0 Å². The lowest BCUT2D eigenvalue weighted by Gasteiger charge is -2.11. The highest BCUT2D eigenvalue weighted by molar-refractivity contribution is 8.18. The molecule has 2 rings (SSSR count). The van der Waals surface area contributed by atoms with Crippen LogP contribution in [0.4, 0.5) is 4.79 Å². The molecule has 0 spiro atoms. The molecule has 0 N–H and O–H groups in total. The van der Waals surface area contributed by atoms with E-state index in [0.717, 1.165) is 29.5 Å². The van der Waals surface area contributed by atoms with Gasteiger partial charge in [0, 0.05) is 11.6 Å². The minimum atomic E-state index is -0.593. The molecule has 7 nitrogen and oxygen atoms in total. The van der Waals surface area contributed by atoms with Gasteiger partial charge in [0.05, 0.1) is 25.7 Å². The van der Waals surface area contributed by atoms with Crippen molar-refractivity contribution in [3.63, 3.8) is 0 Å². The molecule has 1 aliphatic rings. The van der Waals surface area contributed by atoms with E-state index in [9.17, 15) is 14.4 Å². The van der Waals surface area contributed by atoms with Crippen LogP contribution in [0.5, 0.6) is 11.5 Å². The van der Waals surface area contributed by atoms with Gasteiger partial charge < -0.3 is 14.2 Å². The van der Waals surface area contributed by atoms with Gasteiger partial charge in [-0.2, -0.15) is 0 Å². The Hall–Kier alpha value is -2.48. The Kier molecular flexibility index (Phi) is 7.08. The van der Waals surface area contributed by atoms with Crippen molar-refractivity contribution in [1.82, 2.24) is 4.90 Å². The molecule has 0 aromatic heterocycles. The van der Waals surface area contributed by atoms with E-state index < -0.39 is 17.1 Å². The molecule has 0 bridgehead atoms. The Labute approximate surface area is 156 Å². The van der Waals surface area contributed by atoms with Crippen LogP contribution in [0.15, 0.2) is 23.1 Å². The predicted molar refractivity (Wildman–Crippen MR) is 98.1 cm³/mol. The zero-order valence-electron chi connectivity index (χ0n) is 14.9. The van der Waals surface area contributed by atoms with Gasteiger partial charge >= 0.3 is 5.97 Å². The first kappa shape index (κ1) is 19.8. The van der Waals surface area contributed by atoms with Crippen molar-refractivity contribution in [3.05, 3.63) is 28.7 Å². The van der Waals surface area contributed by atoms with Crippen molar-refractivity contribution in [2.45, 2.75) is 19.8 Å². The molecular formula is C18H21NO6S. The predicted octanol–water partition coefficient (Wildman–Crippen LogP) is 3.08. The molecule has 0 radical (unpaired) electrons. The Morgan fingerprint density at radius 3 is 2.65 bits per heavy atom. The molecule has 8 heteroatoms. The topological polar surface area (TPSA) is 82.1 Å². The number of nitrogens with zero attached hydrogens (tertiary/aromatic N) is 1. The third kappa shape index (κ3) is 4.78. The number of ether oxygens (including phenoxy) is 3. The van der Waals surface area contributed by atoms with Crippen LogP contribution >= 0.6 is 11.8 Å². The number of unbranched alkanes of at least 4 members (excludes halogenated alkanes) is 1. The number of hydrogen-bond donors (Lipinski definition) is 0. The maximum absolute atomic E-state index is 12.5. The van der Waals surface area contributed by atoms with Crippen molar-refractivity contribution in [2.24, 2.45) is 0 Å². The van der Waals surface area contributed by atoms with E-state index in [2.05, 4.69) is 0 Å². The van der Waals surface area contributed by atoms with Gasteiger partial charge in [0.1, 0.15) is 18.0 Å². The second kappa shape index (κ2) is 9.28. The fourth-order valence-corrected chi connectivity index (χ4v) is 3.05. The molecule has 1 fully saturated rings. The standard InChI is InChI=1S/C18H21NO6S/c1-4-5-8-25-16(20)11-19-17(21)15(26-18(19)22)9-12-6-7-13(23-2)10-14(12)24-3/h6-7,9-10H,4-5,8,11H2,1-3H3/b15-9+. The van der Waals surface area contributed by atoms with E-state index in [4.69, 9.17) is 14.2 Å². The Morgan fingerprint density at radius 2 is 2.00 bits per heavy atom. The second-order valence-corrected chi connectivity index (χ2v) is 6.44. The molecular weight excluding hydrogens is 358 g/mol. The van der Waals surface area contributed by atoms with Crippen molar-refractivity contribution in [3.8, 4) is 11.5 Å². The summed E-state index contributed by atoms with van der Waals surface area (Å²) in [7, 11) is 3.05. The van der Waals surface area contributed by atoms with Crippen LogP contribution < -0.4 is 9.47 Å². The number of methoxy groups -OCH3 is 2. The molecule has 0 aliphatic carbocycles. The smallest absolute Gasteiger partial charge is 0.326 e. The van der Waals surface area contributed by atoms with Gasteiger partial charge in [0.2, 0.25) is 0 Å². The summed E-state index contributed by atoms with van der Waals surface area (Å²) in [5.74, 6) is 0.00592. The first-order valence-corrected chi connectivity index (χ1v) is 8.94. The maximum atomic E-state index is 12.5. The van der Waals surface area contributed by atoms with Crippen molar-refractivity contribution < 1.29 is 28.6 Å². The van der Waals surface area contributed by atoms with Crippen LogP contribution in [-0.2, 0) is 14.3 Å². The van der Waals surface area contributed by atoms with Crippen molar-refractivity contribution in [2.75, 3.05) is 27.4 Å². The lowest BCUT2D eigenvalue weighted by Crippen LogP contribution is -2.34. The molecule has 1 aliphatic heterocycles. The van der Waals surface area contributed by atoms with Crippen LogP contribution in [0.25, 0.3) is 6.08 Å². The molecule has 1 aromatic carbocycles. The number of carbonyl (C=O) groups excluding carboxylic acids is 3. The number of carbonyl (C=O) groups is 3. The molecule has 0 atom stereocenters. The minimum absolute atomic E-state index is 0.222. The average molecular weight is 379 g/mol. The number of amides is 2. The van der Waals surface area contributed by atoms with E-state index in [1.165, 1.54) is 7.11 Å². The highest BCUT2D eigenvalue weighted by Crippen LogP contribution is 2.34. The van der Waals surface area contributed by atoms with Crippen LogP contribution in [0, 0.1) is 0 Å². The summed E-state index contributed by atoms with van der Waals surface area (Å²) in [5, 5.41) is -0.499. The molecule has 0 saturated carbocycles.